The molecule has 0 aromatic heterocycles. The van der Waals surface area contributed by atoms with Crippen molar-refractivity contribution in [2.75, 3.05) is 7.11 Å². The van der Waals surface area contributed by atoms with E-state index in [2.05, 4.69) is 0 Å². The van der Waals surface area contributed by atoms with Crippen molar-refractivity contribution in [2.45, 2.75) is 32.8 Å². The van der Waals surface area contributed by atoms with Crippen molar-refractivity contribution in [3.63, 3.8) is 0 Å². The molecular formula is C13H19ClO2. The molecule has 0 radical (unpaired) electrons. The van der Waals surface area contributed by atoms with E-state index in [0.29, 0.717) is 16.7 Å². The van der Waals surface area contributed by atoms with Crippen LogP contribution in [0, 0.1) is 5.92 Å². The second kappa shape index (κ2) is 6.12. The summed E-state index contributed by atoms with van der Waals surface area (Å²) in [6, 6.07) is 5.73. The standard InChI is InChI=1S/C13H19ClO2/c1-9(2)12(15)7-5-10-4-6-11(14)13(8-10)16-3/h4,6,8-9,12,15H,5,7H2,1-3H3. The van der Waals surface area contributed by atoms with Gasteiger partial charge in [0.1, 0.15) is 5.75 Å². The molecule has 0 aliphatic carbocycles. The van der Waals surface area contributed by atoms with Crippen LogP contribution in [0.25, 0.3) is 0 Å². The van der Waals surface area contributed by atoms with E-state index in [9.17, 15) is 5.11 Å². The van der Waals surface area contributed by atoms with Crippen molar-refractivity contribution in [2.24, 2.45) is 5.92 Å². The van der Waals surface area contributed by atoms with Gasteiger partial charge in [-0.3, -0.25) is 0 Å². The van der Waals surface area contributed by atoms with Crippen molar-refractivity contribution in [3.05, 3.63) is 28.8 Å². The summed E-state index contributed by atoms with van der Waals surface area (Å²) in [5, 5.41) is 10.3. The third-order valence-electron chi connectivity index (χ3n) is 2.71. The van der Waals surface area contributed by atoms with Gasteiger partial charge in [0.2, 0.25) is 0 Å². The number of methoxy groups -OCH3 is 1. The molecule has 1 aromatic carbocycles. The first-order chi connectivity index (χ1) is 7.54. The van der Waals surface area contributed by atoms with Crippen LogP contribution >= 0.6 is 11.6 Å². The van der Waals surface area contributed by atoms with Crippen molar-refractivity contribution >= 4 is 11.6 Å². The Kier molecular flexibility index (Phi) is 5.10. The zero-order valence-electron chi connectivity index (χ0n) is 10.0. The van der Waals surface area contributed by atoms with Crippen LogP contribution in [0.15, 0.2) is 18.2 Å². The molecule has 0 bridgehead atoms. The molecule has 16 heavy (non-hydrogen) atoms. The van der Waals surface area contributed by atoms with Gasteiger partial charge in [0.05, 0.1) is 18.2 Å². The highest BCUT2D eigenvalue weighted by molar-refractivity contribution is 6.32. The minimum atomic E-state index is -0.248. The van der Waals surface area contributed by atoms with Crippen molar-refractivity contribution in [1.29, 1.82) is 0 Å². The lowest BCUT2D eigenvalue weighted by Crippen LogP contribution is -2.15. The Hall–Kier alpha value is -0.730. The van der Waals surface area contributed by atoms with Crippen LogP contribution in [0.4, 0.5) is 0 Å². The third-order valence-corrected chi connectivity index (χ3v) is 3.03. The Morgan fingerprint density at radius 1 is 1.38 bits per heavy atom. The molecule has 1 N–H and O–H groups in total. The monoisotopic (exact) mass is 242 g/mol. The summed E-state index contributed by atoms with van der Waals surface area (Å²) >= 11 is 5.94. The van der Waals surface area contributed by atoms with Crippen LogP contribution in [0.1, 0.15) is 25.8 Å². The second-order valence-corrected chi connectivity index (χ2v) is 4.73. The first-order valence-electron chi connectivity index (χ1n) is 5.55. The van der Waals surface area contributed by atoms with Crippen LogP contribution in [0.5, 0.6) is 5.75 Å². The fourth-order valence-corrected chi connectivity index (χ4v) is 1.70. The Labute approximate surface area is 102 Å². The maximum absolute atomic E-state index is 9.71. The Bertz CT molecular complexity index is 337. The summed E-state index contributed by atoms with van der Waals surface area (Å²) in [4.78, 5) is 0. The molecule has 90 valence electrons. The Balaban J connectivity index is 2.61. The number of halogens is 1. The fraction of sp³-hybridized carbons (Fsp3) is 0.538. The van der Waals surface area contributed by atoms with E-state index in [1.165, 1.54) is 0 Å². The molecule has 0 spiro atoms. The van der Waals surface area contributed by atoms with Gasteiger partial charge < -0.3 is 9.84 Å². The summed E-state index contributed by atoms with van der Waals surface area (Å²) in [6.45, 7) is 4.04. The molecule has 1 rings (SSSR count). The van der Waals surface area contributed by atoms with Crippen LogP contribution < -0.4 is 4.74 Å². The predicted octanol–water partition coefficient (Wildman–Crippen LogP) is 3.30. The first-order valence-corrected chi connectivity index (χ1v) is 5.93. The van der Waals surface area contributed by atoms with Crippen molar-refractivity contribution < 1.29 is 9.84 Å². The molecule has 0 saturated heterocycles. The molecule has 1 aromatic rings. The molecule has 0 heterocycles. The van der Waals surface area contributed by atoms with Gasteiger partial charge in [-0.25, -0.2) is 0 Å². The minimum absolute atomic E-state index is 0.248. The molecule has 0 amide bonds. The number of benzene rings is 1. The summed E-state index contributed by atoms with van der Waals surface area (Å²) in [7, 11) is 1.61. The number of hydrogen-bond donors (Lipinski definition) is 1. The normalized spacial score (nSPS) is 12.9. The first kappa shape index (κ1) is 13.3. The van der Waals surface area contributed by atoms with Gasteiger partial charge in [0.15, 0.2) is 0 Å². The highest BCUT2D eigenvalue weighted by Crippen LogP contribution is 2.25. The Morgan fingerprint density at radius 2 is 2.06 bits per heavy atom. The van der Waals surface area contributed by atoms with Gasteiger partial charge in [-0.1, -0.05) is 31.5 Å². The molecule has 3 heteroatoms. The van der Waals surface area contributed by atoms with Gasteiger partial charge in [-0.2, -0.15) is 0 Å². The molecule has 0 saturated carbocycles. The highest BCUT2D eigenvalue weighted by atomic mass is 35.5. The number of hydrogen-bond acceptors (Lipinski definition) is 2. The maximum Gasteiger partial charge on any atom is 0.137 e. The van der Waals surface area contributed by atoms with E-state index in [1.54, 1.807) is 7.11 Å². The Morgan fingerprint density at radius 3 is 2.62 bits per heavy atom. The van der Waals surface area contributed by atoms with Crippen LogP contribution in [0.2, 0.25) is 5.02 Å². The average Bonchev–Trinajstić information content (AvgIpc) is 2.27. The number of ether oxygens (including phenoxy) is 1. The molecule has 0 aliphatic heterocycles. The molecule has 0 fully saturated rings. The van der Waals surface area contributed by atoms with Gasteiger partial charge >= 0.3 is 0 Å². The minimum Gasteiger partial charge on any atom is -0.495 e. The molecule has 2 nitrogen and oxygen atoms in total. The summed E-state index contributed by atoms with van der Waals surface area (Å²) in [5.41, 5.74) is 1.14. The van der Waals surface area contributed by atoms with Gasteiger partial charge in [0.25, 0.3) is 0 Å². The largest absolute Gasteiger partial charge is 0.495 e. The smallest absolute Gasteiger partial charge is 0.137 e. The van der Waals surface area contributed by atoms with Gasteiger partial charge in [-0.05, 0) is 36.5 Å². The SMILES string of the molecule is COc1cc(CCC(O)C(C)C)ccc1Cl. The second-order valence-electron chi connectivity index (χ2n) is 4.32. The number of rotatable bonds is 5. The zero-order chi connectivity index (χ0) is 12.1. The van der Waals surface area contributed by atoms with E-state index in [0.717, 1.165) is 18.4 Å². The lowest BCUT2D eigenvalue weighted by atomic mass is 9.99. The van der Waals surface area contributed by atoms with Gasteiger partial charge in [-0.15, -0.1) is 0 Å². The lowest BCUT2D eigenvalue weighted by molar-refractivity contribution is 0.116. The van der Waals surface area contributed by atoms with E-state index in [1.807, 2.05) is 32.0 Å². The van der Waals surface area contributed by atoms with Gasteiger partial charge in [0, 0.05) is 0 Å². The number of aliphatic hydroxyl groups excluding tert-OH is 1. The molecule has 1 unspecified atom stereocenters. The summed E-state index contributed by atoms with van der Waals surface area (Å²) in [5.74, 6) is 0.993. The number of aryl methyl sites for hydroxylation is 1. The summed E-state index contributed by atoms with van der Waals surface area (Å²) in [6.07, 6.45) is 1.36. The molecule has 1 atom stereocenters. The zero-order valence-corrected chi connectivity index (χ0v) is 10.8. The topological polar surface area (TPSA) is 29.5 Å². The number of aliphatic hydroxyl groups is 1. The summed E-state index contributed by atoms with van der Waals surface area (Å²) < 4.78 is 5.15. The highest BCUT2D eigenvalue weighted by Gasteiger charge is 2.09. The quantitative estimate of drug-likeness (QED) is 0.859. The molecule has 0 aliphatic rings. The van der Waals surface area contributed by atoms with E-state index >= 15 is 0 Å². The van der Waals surface area contributed by atoms with E-state index in [4.69, 9.17) is 16.3 Å². The van der Waals surface area contributed by atoms with Crippen LogP contribution in [0.3, 0.4) is 0 Å². The predicted molar refractivity (Wildman–Crippen MR) is 67.2 cm³/mol. The van der Waals surface area contributed by atoms with E-state index < -0.39 is 0 Å². The van der Waals surface area contributed by atoms with E-state index in [-0.39, 0.29) is 6.10 Å². The van der Waals surface area contributed by atoms with Crippen LogP contribution in [-0.4, -0.2) is 18.3 Å². The van der Waals surface area contributed by atoms with Crippen molar-refractivity contribution in [1.82, 2.24) is 0 Å². The third kappa shape index (κ3) is 3.69. The lowest BCUT2D eigenvalue weighted by Gasteiger charge is -2.14. The maximum atomic E-state index is 9.71. The van der Waals surface area contributed by atoms with Crippen LogP contribution in [-0.2, 0) is 6.42 Å². The fourth-order valence-electron chi connectivity index (χ4n) is 1.51. The van der Waals surface area contributed by atoms with Crippen molar-refractivity contribution in [3.8, 4) is 5.75 Å². The molecular weight excluding hydrogens is 224 g/mol. The average molecular weight is 243 g/mol.